The van der Waals surface area contributed by atoms with E-state index < -0.39 is 11.5 Å². The molecule has 0 saturated heterocycles. The molecule has 0 aliphatic heterocycles. The van der Waals surface area contributed by atoms with Crippen LogP contribution in [0.3, 0.4) is 0 Å². The Morgan fingerprint density at radius 1 is 1.30 bits per heavy atom. The summed E-state index contributed by atoms with van der Waals surface area (Å²) in [5.74, 6) is -0.159. The maximum atomic E-state index is 12.6. The van der Waals surface area contributed by atoms with Crippen molar-refractivity contribution in [1.82, 2.24) is 30.0 Å². The van der Waals surface area contributed by atoms with E-state index in [-0.39, 0.29) is 11.6 Å². The van der Waals surface area contributed by atoms with Crippen LogP contribution in [-0.4, -0.2) is 30.6 Å². The lowest BCUT2D eigenvalue weighted by atomic mass is 10.1. The molecule has 27 heavy (non-hydrogen) atoms. The molecule has 3 heterocycles. The average Bonchev–Trinajstić information content (AvgIpc) is 2.95. The fourth-order valence-corrected chi connectivity index (χ4v) is 3.18. The lowest BCUT2D eigenvalue weighted by molar-refractivity contribution is 0.0938. The van der Waals surface area contributed by atoms with Gasteiger partial charge in [0.1, 0.15) is 11.3 Å². The second-order valence-corrected chi connectivity index (χ2v) is 6.28. The van der Waals surface area contributed by atoms with Gasteiger partial charge in [-0.15, -0.1) is 0 Å². The van der Waals surface area contributed by atoms with Crippen molar-refractivity contribution in [2.75, 3.05) is 0 Å². The standard InChI is InChI=1S/C19H22N6O2/c1-5-25-13(4)16(12(3)24-25)11(2)22-18(26)14-10-21-17(23-19(14)27)15-8-6-7-9-20-15/h6-11H,5H2,1-4H3,(H,22,26)(H,21,23,27). The highest BCUT2D eigenvalue weighted by Crippen LogP contribution is 2.21. The molecule has 140 valence electrons. The summed E-state index contributed by atoms with van der Waals surface area (Å²) in [6.45, 7) is 8.52. The molecule has 0 radical (unpaired) electrons. The zero-order valence-electron chi connectivity index (χ0n) is 15.8. The molecule has 3 rings (SSSR count). The molecule has 8 heteroatoms. The summed E-state index contributed by atoms with van der Waals surface area (Å²) in [4.78, 5) is 35.9. The Labute approximate surface area is 156 Å². The van der Waals surface area contributed by atoms with Crippen molar-refractivity contribution < 1.29 is 4.79 Å². The van der Waals surface area contributed by atoms with Crippen molar-refractivity contribution in [2.24, 2.45) is 0 Å². The van der Waals surface area contributed by atoms with Crippen molar-refractivity contribution in [3.05, 3.63) is 63.5 Å². The normalized spacial score (nSPS) is 12.0. The summed E-state index contributed by atoms with van der Waals surface area (Å²) < 4.78 is 1.89. The Kier molecular flexibility index (Phi) is 5.16. The van der Waals surface area contributed by atoms with Crippen LogP contribution in [0.4, 0.5) is 0 Å². The second-order valence-electron chi connectivity index (χ2n) is 6.28. The predicted octanol–water partition coefficient (Wildman–Crippen LogP) is 2.16. The number of H-pyrrole nitrogens is 1. The molecule has 0 fully saturated rings. The molecule has 0 aromatic carbocycles. The largest absolute Gasteiger partial charge is 0.345 e. The van der Waals surface area contributed by atoms with Crippen molar-refractivity contribution in [2.45, 2.75) is 40.3 Å². The Morgan fingerprint density at radius 3 is 2.67 bits per heavy atom. The molecule has 3 aromatic heterocycles. The molecule has 0 bridgehead atoms. The third-order valence-corrected chi connectivity index (χ3v) is 4.47. The number of pyridine rings is 1. The van der Waals surface area contributed by atoms with E-state index in [0.29, 0.717) is 11.5 Å². The van der Waals surface area contributed by atoms with Crippen LogP contribution in [0.1, 0.15) is 47.2 Å². The van der Waals surface area contributed by atoms with E-state index in [1.807, 2.05) is 32.4 Å². The van der Waals surface area contributed by atoms with Crippen LogP contribution in [-0.2, 0) is 6.54 Å². The van der Waals surface area contributed by atoms with Gasteiger partial charge < -0.3 is 10.3 Å². The number of nitrogens with zero attached hydrogens (tertiary/aromatic N) is 4. The molecule has 0 aliphatic rings. The highest BCUT2D eigenvalue weighted by atomic mass is 16.2. The fourth-order valence-electron chi connectivity index (χ4n) is 3.18. The van der Waals surface area contributed by atoms with Crippen LogP contribution in [0.15, 0.2) is 35.4 Å². The van der Waals surface area contributed by atoms with Gasteiger partial charge in [-0.2, -0.15) is 5.10 Å². The van der Waals surface area contributed by atoms with E-state index in [2.05, 4.69) is 25.4 Å². The van der Waals surface area contributed by atoms with Gasteiger partial charge in [-0.3, -0.25) is 19.3 Å². The molecule has 3 aromatic rings. The van der Waals surface area contributed by atoms with Crippen LogP contribution in [0.5, 0.6) is 0 Å². The monoisotopic (exact) mass is 366 g/mol. The van der Waals surface area contributed by atoms with Crippen molar-refractivity contribution in [3.8, 4) is 11.5 Å². The first-order valence-corrected chi connectivity index (χ1v) is 8.77. The third-order valence-electron chi connectivity index (χ3n) is 4.47. The Morgan fingerprint density at radius 2 is 2.07 bits per heavy atom. The number of hydrogen-bond donors (Lipinski definition) is 2. The molecule has 1 amide bonds. The molecule has 2 N–H and O–H groups in total. The minimum Gasteiger partial charge on any atom is -0.345 e. The van der Waals surface area contributed by atoms with Gasteiger partial charge in [-0.05, 0) is 39.8 Å². The molecule has 1 atom stereocenters. The number of carbonyl (C=O) groups excluding carboxylic acids is 1. The number of aromatic nitrogens is 5. The lowest BCUT2D eigenvalue weighted by Crippen LogP contribution is -2.32. The SMILES string of the molecule is CCn1nc(C)c(C(C)NC(=O)c2cnc(-c3ccccn3)[nH]c2=O)c1C. The van der Waals surface area contributed by atoms with Gasteiger partial charge >= 0.3 is 0 Å². The van der Waals surface area contributed by atoms with E-state index in [4.69, 9.17) is 0 Å². The van der Waals surface area contributed by atoms with Crippen LogP contribution >= 0.6 is 0 Å². The average molecular weight is 366 g/mol. The van der Waals surface area contributed by atoms with Gasteiger partial charge in [0.15, 0.2) is 5.82 Å². The topological polar surface area (TPSA) is 106 Å². The lowest BCUT2D eigenvalue weighted by Gasteiger charge is -2.15. The summed E-state index contributed by atoms with van der Waals surface area (Å²) in [7, 11) is 0. The van der Waals surface area contributed by atoms with Gasteiger partial charge in [0, 0.05) is 30.2 Å². The maximum Gasteiger partial charge on any atom is 0.264 e. The fraction of sp³-hybridized carbons (Fsp3) is 0.316. The molecule has 0 spiro atoms. The van der Waals surface area contributed by atoms with Gasteiger partial charge in [-0.25, -0.2) is 4.98 Å². The van der Waals surface area contributed by atoms with Crippen molar-refractivity contribution >= 4 is 5.91 Å². The summed E-state index contributed by atoms with van der Waals surface area (Å²) in [6.07, 6.45) is 2.89. The van der Waals surface area contributed by atoms with Crippen LogP contribution in [0.25, 0.3) is 11.5 Å². The maximum absolute atomic E-state index is 12.6. The molecular formula is C19H22N6O2. The van der Waals surface area contributed by atoms with E-state index in [9.17, 15) is 9.59 Å². The Hall–Kier alpha value is -3.29. The Balaban J connectivity index is 1.82. The number of amides is 1. The number of hydrogen-bond acceptors (Lipinski definition) is 5. The van der Waals surface area contributed by atoms with Crippen LogP contribution < -0.4 is 10.9 Å². The smallest absolute Gasteiger partial charge is 0.264 e. The highest BCUT2D eigenvalue weighted by Gasteiger charge is 2.21. The molecule has 1 unspecified atom stereocenters. The summed E-state index contributed by atoms with van der Waals surface area (Å²) in [5, 5.41) is 7.33. The van der Waals surface area contributed by atoms with Gasteiger partial charge in [-0.1, -0.05) is 6.07 Å². The second kappa shape index (κ2) is 7.53. The van der Waals surface area contributed by atoms with E-state index in [1.54, 1.807) is 24.4 Å². The molecule has 8 nitrogen and oxygen atoms in total. The van der Waals surface area contributed by atoms with Gasteiger partial charge in [0.2, 0.25) is 0 Å². The quantitative estimate of drug-likeness (QED) is 0.720. The van der Waals surface area contributed by atoms with Gasteiger partial charge in [0.05, 0.1) is 11.7 Å². The van der Waals surface area contributed by atoms with Crippen LogP contribution in [0.2, 0.25) is 0 Å². The summed E-state index contributed by atoms with van der Waals surface area (Å²) in [6, 6.07) is 5.02. The van der Waals surface area contributed by atoms with E-state index in [0.717, 1.165) is 23.5 Å². The van der Waals surface area contributed by atoms with E-state index in [1.165, 1.54) is 6.20 Å². The molecule has 0 saturated carbocycles. The number of nitrogens with one attached hydrogen (secondary N) is 2. The van der Waals surface area contributed by atoms with Crippen LogP contribution in [0, 0.1) is 13.8 Å². The first-order chi connectivity index (χ1) is 12.9. The Bertz CT molecular complexity index is 1020. The first kappa shape index (κ1) is 18.5. The van der Waals surface area contributed by atoms with Crippen molar-refractivity contribution in [1.29, 1.82) is 0 Å². The zero-order valence-corrected chi connectivity index (χ0v) is 15.8. The predicted molar refractivity (Wildman–Crippen MR) is 101 cm³/mol. The van der Waals surface area contributed by atoms with Crippen molar-refractivity contribution in [3.63, 3.8) is 0 Å². The number of carbonyl (C=O) groups is 1. The van der Waals surface area contributed by atoms with E-state index >= 15 is 0 Å². The number of aromatic amines is 1. The third kappa shape index (κ3) is 3.64. The first-order valence-electron chi connectivity index (χ1n) is 8.77. The zero-order chi connectivity index (χ0) is 19.6. The molecule has 0 aliphatic carbocycles. The molecular weight excluding hydrogens is 344 g/mol. The highest BCUT2D eigenvalue weighted by molar-refractivity contribution is 5.93. The number of rotatable bonds is 5. The minimum atomic E-state index is -0.506. The minimum absolute atomic E-state index is 0.0419. The number of aryl methyl sites for hydroxylation is 2. The summed E-state index contributed by atoms with van der Waals surface area (Å²) >= 11 is 0. The van der Waals surface area contributed by atoms with Gasteiger partial charge in [0.25, 0.3) is 11.5 Å². The summed E-state index contributed by atoms with van der Waals surface area (Å²) in [5.41, 5.74) is 2.81.